The van der Waals surface area contributed by atoms with Gasteiger partial charge in [0, 0.05) is 26.1 Å². The molecule has 0 saturated carbocycles. The number of aryl methyl sites for hydroxylation is 1. The number of likely N-dealkylation sites (tertiary alicyclic amines) is 1. The van der Waals surface area contributed by atoms with Gasteiger partial charge in [0.05, 0.1) is 25.3 Å². The number of amides is 1. The molecule has 1 fully saturated rings. The van der Waals surface area contributed by atoms with E-state index in [0.717, 1.165) is 32.5 Å². The molecule has 4 heterocycles. The first-order valence-electron chi connectivity index (χ1n) is 7.30. The molecule has 2 aliphatic rings. The van der Waals surface area contributed by atoms with Crippen molar-refractivity contribution in [3.05, 3.63) is 35.9 Å². The number of carbonyl (C=O) groups excluding carboxylic acids is 1. The standard InChI is InChI=1S/C15H17N3O3/c19-14(13-7-16-18-3-1-4-21-15(13)18)17-8-12(9-17)6-11-2-5-20-10-11/h2,5,7,10,12H,1,3-4,6,8-9H2. The number of carbonyl (C=O) groups is 1. The van der Waals surface area contributed by atoms with Crippen LogP contribution in [0.25, 0.3) is 0 Å². The summed E-state index contributed by atoms with van der Waals surface area (Å²) in [6, 6.07) is 1.98. The second-order valence-corrected chi connectivity index (χ2v) is 5.70. The lowest BCUT2D eigenvalue weighted by atomic mass is 9.93. The number of aromatic nitrogens is 2. The molecule has 0 spiro atoms. The highest BCUT2D eigenvalue weighted by Gasteiger charge is 2.34. The van der Waals surface area contributed by atoms with Crippen molar-refractivity contribution in [3.63, 3.8) is 0 Å². The van der Waals surface area contributed by atoms with Crippen LogP contribution in [0.3, 0.4) is 0 Å². The average Bonchev–Trinajstić information content (AvgIpc) is 3.11. The third-order valence-corrected chi connectivity index (χ3v) is 4.12. The highest BCUT2D eigenvalue weighted by atomic mass is 16.5. The van der Waals surface area contributed by atoms with Crippen molar-refractivity contribution in [2.24, 2.45) is 5.92 Å². The van der Waals surface area contributed by atoms with Crippen LogP contribution in [0.4, 0.5) is 0 Å². The van der Waals surface area contributed by atoms with Crippen LogP contribution in [0.2, 0.25) is 0 Å². The highest BCUT2D eigenvalue weighted by Crippen LogP contribution is 2.28. The summed E-state index contributed by atoms with van der Waals surface area (Å²) in [6.45, 7) is 3.06. The zero-order valence-electron chi connectivity index (χ0n) is 11.7. The Morgan fingerprint density at radius 2 is 2.33 bits per heavy atom. The predicted octanol–water partition coefficient (Wildman–Crippen LogP) is 1.57. The van der Waals surface area contributed by atoms with Crippen LogP contribution >= 0.6 is 0 Å². The number of hydrogen-bond acceptors (Lipinski definition) is 4. The van der Waals surface area contributed by atoms with Crippen molar-refractivity contribution >= 4 is 5.91 Å². The van der Waals surface area contributed by atoms with Gasteiger partial charge in [-0.05, 0) is 24.0 Å². The Hall–Kier alpha value is -2.24. The fraction of sp³-hybridized carbons (Fsp3) is 0.467. The zero-order chi connectivity index (χ0) is 14.2. The molecule has 0 unspecified atom stereocenters. The molecule has 0 bridgehead atoms. The molecule has 1 amide bonds. The number of furan rings is 1. The maximum absolute atomic E-state index is 12.5. The molecular weight excluding hydrogens is 270 g/mol. The van der Waals surface area contributed by atoms with Gasteiger partial charge in [-0.15, -0.1) is 0 Å². The fourth-order valence-corrected chi connectivity index (χ4v) is 2.99. The molecule has 0 atom stereocenters. The lowest BCUT2D eigenvalue weighted by molar-refractivity contribution is 0.0495. The molecule has 2 aromatic rings. The summed E-state index contributed by atoms with van der Waals surface area (Å²) in [5.41, 5.74) is 1.79. The molecular formula is C15H17N3O3. The summed E-state index contributed by atoms with van der Waals surface area (Å²) in [7, 11) is 0. The van der Waals surface area contributed by atoms with E-state index in [4.69, 9.17) is 9.15 Å². The molecule has 4 rings (SSSR count). The Balaban J connectivity index is 1.40. The smallest absolute Gasteiger partial charge is 0.261 e. The van der Waals surface area contributed by atoms with Gasteiger partial charge in [-0.1, -0.05) is 0 Å². The van der Waals surface area contributed by atoms with Crippen LogP contribution in [0.15, 0.2) is 29.2 Å². The summed E-state index contributed by atoms with van der Waals surface area (Å²) in [6.07, 6.45) is 6.99. The van der Waals surface area contributed by atoms with Crippen molar-refractivity contribution in [2.45, 2.75) is 19.4 Å². The summed E-state index contributed by atoms with van der Waals surface area (Å²) in [5.74, 6) is 1.17. The molecule has 0 radical (unpaired) electrons. The van der Waals surface area contributed by atoms with Crippen molar-refractivity contribution in [3.8, 4) is 5.88 Å². The van der Waals surface area contributed by atoms with E-state index < -0.39 is 0 Å². The Bertz CT molecular complexity index is 641. The number of ether oxygens (including phenoxy) is 1. The van der Waals surface area contributed by atoms with Gasteiger partial charge in [0.2, 0.25) is 5.88 Å². The summed E-state index contributed by atoms with van der Waals surface area (Å²) >= 11 is 0. The van der Waals surface area contributed by atoms with Crippen molar-refractivity contribution in [2.75, 3.05) is 19.7 Å². The van der Waals surface area contributed by atoms with Crippen LogP contribution in [-0.2, 0) is 13.0 Å². The number of nitrogens with zero attached hydrogens (tertiary/aromatic N) is 3. The molecule has 6 heteroatoms. The first-order chi connectivity index (χ1) is 10.3. The predicted molar refractivity (Wildman–Crippen MR) is 74.1 cm³/mol. The van der Waals surface area contributed by atoms with E-state index in [1.54, 1.807) is 23.4 Å². The van der Waals surface area contributed by atoms with E-state index in [2.05, 4.69) is 5.10 Å². The van der Waals surface area contributed by atoms with Gasteiger partial charge in [0.25, 0.3) is 5.91 Å². The molecule has 1 saturated heterocycles. The van der Waals surface area contributed by atoms with E-state index in [1.165, 1.54) is 5.56 Å². The minimum atomic E-state index is 0.0293. The Morgan fingerprint density at radius 1 is 1.43 bits per heavy atom. The molecule has 2 aliphatic heterocycles. The largest absolute Gasteiger partial charge is 0.477 e. The first kappa shape index (κ1) is 12.5. The number of hydrogen-bond donors (Lipinski definition) is 0. The topological polar surface area (TPSA) is 60.5 Å². The van der Waals surface area contributed by atoms with Crippen molar-refractivity contribution in [1.29, 1.82) is 0 Å². The van der Waals surface area contributed by atoms with E-state index in [1.807, 2.05) is 11.0 Å². The van der Waals surface area contributed by atoms with Gasteiger partial charge in [-0.3, -0.25) is 4.79 Å². The van der Waals surface area contributed by atoms with E-state index in [9.17, 15) is 4.79 Å². The molecule has 6 nitrogen and oxygen atoms in total. The van der Waals surface area contributed by atoms with E-state index >= 15 is 0 Å². The summed E-state index contributed by atoms with van der Waals surface area (Å²) in [5, 5.41) is 4.23. The van der Waals surface area contributed by atoms with Gasteiger partial charge in [-0.25, -0.2) is 4.68 Å². The third kappa shape index (κ3) is 2.20. The fourth-order valence-electron chi connectivity index (χ4n) is 2.99. The van der Waals surface area contributed by atoms with E-state index in [0.29, 0.717) is 24.0 Å². The second kappa shape index (κ2) is 4.95. The lowest BCUT2D eigenvalue weighted by Gasteiger charge is -2.39. The summed E-state index contributed by atoms with van der Waals surface area (Å²) in [4.78, 5) is 14.3. The van der Waals surface area contributed by atoms with E-state index in [-0.39, 0.29) is 5.91 Å². The Labute approximate surface area is 122 Å². The first-order valence-corrected chi connectivity index (χ1v) is 7.30. The van der Waals surface area contributed by atoms with Crippen molar-refractivity contribution in [1.82, 2.24) is 14.7 Å². The van der Waals surface area contributed by atoms with Crippen LogP contribution < -0.4 is 4.74 Å². The van der Waals surface area contributed by atoms with Crippen LogP contribution in [0, 0.1) is 5.92 Å². The SMILES string of the molecule is O=C(c1cnn2c1OCCC2)N1CC(Cc2ccoc2)C1. The monoisotopic (exact) mass is 287 g/mol. The highest BCUT2D eigenvalue weighted by molar-refractivity contribution is 5.96. The quantitative estimate of drug-likeness (QED) is 0.860. The molecule has 0 aliphatic carbocycles. The van der Waals surface area contributed by atoms with Gasteiger partial charge < -0.3 is 14.1 Å². The molecule has 2 aromatic heterocycles. The van der Waals surface area contributed by atoms with Crippen LogP contribution in [0.1, 0.15) is 22.3 Å². The lowest BCUT2D eigenvalue weighted by Crippen LogP contribution is -2.50. The zero-order valence-corrected chi connectivity index (χ0v) is 11.7. The molecule has 0 aromatic carbocycles. The minimum Gasteiger partial charge on any atom is -0.477 e. The van der Waals surface area contributed by atoms with Crippen LogP contribution in [-0.4, -0.2) is 40.3 Å². The molecule has 110 valence electrons. The van der Waals surface area contributed by atoms with Crippen LogP contribution in [0.5, 0.6) is 5.88 Å². The van der Waals surface area contributed by atoms with Gasteiger partial charge in [-0.2, -0.15) is 5.10 Å². The normalized spacial score (nSPS) is 18.0. The number of rotatable bonds is 3. The second-order valence-electron chi connectivity index (χ2n) is 5.70. The van der Waals surface area contributed by atoms with Gasteiger partial charge in [0.15, 0.2) is 0 Å². The number of fused-ring (bicyclic) bond motifs is 1. The maximum Gasteiger partial charge on any atom is 0.261 e. The maximum atomic E-state index is 12.5. The Morgan fingerprint density at radius 3 is 3.14 bits per heavy atom. The molecule has 21 heavy (non-hydrogen) atoms. The van der Waals surface area contributed by atoms with Gasteiger partial charge in [0.1, 0.15) is 5.56 Å². The van der Waals surface area contributed by atoms with Crippen molar-refractivity contribution < 1.29 is 13.9 Å². The third-order valence-electron chi connectivity index (χ3n) is 4.12. The molecule has 0 N–H and O–H groups in total. The van der Waals surface area contributed by atoms with Gasteiger partial charge >= 0.3 is 0 Å². The average molecular weight is 287 g/mol. The minimum absolute atomic E-state index is 0.0293. The Kier molecular flexibility index (Phi) is 2.94. The summed E-state index contributed by atoms with van der Waals surface area (Å²) < 4.78 is 12.4.